The molecule has 5 N–H and O–H groups in total. The van der Waals surface area contributed by atoms with E-state index in [2.05, 4.69) is 38.2 Å². The fourth-order valence-electron chi connectivity index (χ4n) is 1.27. The van der Waals surface area contributed by atoms with Crippen molar-refractivity contribution in [2.45, 2.75) is 32.9 Å². The smallest absolute Gasteiger partial charge is 1.00 e. The summed E-state index contributed by atoms with van der Waals surface area (Å²) in [6, 6.07) is 12.1. The maximum atomic E-state index is 4.90. The number of rotatable bonds is 4. The molecule has 3 nitrogen and oxygen atoms in total. The van der Waals surface area contributed by atoms with Gasteiger partial charge >= 0.3 is 20.4 Å². The minimum absolute atomic E-state index is 0. The number of halogens is 1. The Kier molecular flexibility index (Phi) is 19.4. The van der Waals surface area contributed by atoms with Crippen molar-refractivity contribution in [1.82, 2.24) is 5.32 Å². The molecule has 0 radical (unpaired) electrons. The monoisotopic (exact) mass is 363 g/mol. The molecule has 1 atom stereocenters. The van der Waals surface area contributed by atoms with Crippen LogP contribution >= 0.6 is 0 Å². The molecule has 18 heavy (non-hydrogen) atoms. The zero-order chi connectivity index (χ0) is 12.4. The van der Waals surface area contributed by atoms with Gasteiger partial charge in [-0.1, -0.05) is 20.8 Å². The van der Waals surface area contributed by atoms with E-state index in [4.69, 9.17) is 11.5 Å². The average molecular weight is 364 g/mol. The summed E-state index contributed by atoms with van der Waals surface area (Å²) in [6.45, 7) is 7.68. The molecule has 0 aliphatic heterocycles. The third-order valence-electron chi connectivity index (χ3n) is 1.98. The van der Waals surface area contributed by atoms with Crippen LogP contribution in [-0.4, -0.2) is 19.1 Å². The van der Waals surface area contributed by atoms with Gasteiger partial charge in [-0.05, 0) is 6.04 Å². The second kappa shape index (κ2) is 15.1. The van der Waals surface area contributed by atoms with Crippen LogP contribution in [0, 0.1) is 6.07 Å². The summed E-state index contributed by atoms with van der Waals surface area (Å²) in [6.07, 6.45) is 0. The summed E-state index contributed by atoms with van der Waals surface area (Å²) in [7, 11) is 0. The van der Waals surface area contributed by atoms with Crippen LogP contribution in [0.2, 0.25) is 0 Å². The van der Waals surface area contributed by atoms with Gasteiger partial charge < -0.3 is 29.2 Å². The molecule has 0 aliphatic carbocycles. The minimum atomic E-state index is 0. The summed E-state index contributed by atoms with van der Waals surface area (Å²) in [5.41, 5.74) is 11.1. The third kappa shape index (κ3) is 12.5. The van der Waals surface area contributed by atoms with E-state index in [1.165, 1.54) is 5.56 Å². The van der Waals surface area contributed by atoms with Crippen molar-refractivity contribution in [3.8, 4) is 0 Å². The zero-order valence-electron chi connectivity index (χ0n) is 11.2. The summed E-state index contributed by atoms with van der Waals surface area (Å²) >= 11 is 0. The Balaban J connectivity index is -0.000000332. The van der Waals surface area contributed by atoms with Gasteiger partial charge in [-0.15, -0.1) is 5.56 Å². The van der Waals surface area contributed by atoms with E-state index in [1.54, 1.807) is 0 Å². The van der Waals surface area contributed by atoms with Crippen molar-refractivity contribution in [3.05, 3.63) is 35.9 Å². The Morgan fingerprint density at radius 2 is 1.78 bits per heavy atom. The van der Waals surface area contributed by atoms with Crippen LogP contribution in [0.5, 0.6) is 0 Å². The van der Waals surface area contributed by atoms with Gasteiger partial charge in [-0.2, -0.15) is 30.3 Å². The van der Waals surface area contributed by atoms with Gasteiger partial charge in [0.25, 0.3) is 0 Å². The van der Waals surface area contributed by atoms with Crippen LogP contribution < -0.4 is 29.2 Å². The summed E-state index contributed by atoms with van der Waals surface area (Å²) < 4.78 is 0. The Labute approximate surface area is 131 Å². The molecule has 0 bridgehead atoms. The molecule has 0 saturated carbocycles. The van der Waals surface area contributed by atoms with Crippen LogP contribution in [0.25, 0.3) is 0 Å². The first-order chi connectivity index (χ1) is 7.61. The second-order valence-corrected chi connectivity index (χ2v) is 3.96. The molecule has 1 aromatic rings. The standard InChI is InChI=1S/C11H16N.C2H8N2.ClH.Pd/c1-9(2)12-10(3)11-7-5-4-6-8-11;3-1-2-4;;/h4-5,7-10,12H,1-3H3;1-4H2;1H;/q-1;;;+2/p-1/t10-;;;/m0.../s1. The van der Waals surface area contributed by atoms with Gasteiger partial charge in [0.05, 0.1) is 0 Å². The largest absolute Gasteiger partial charge is 2.00 e. The molecule has 0 amide bonds. The van der Waals surface area contributed by atoms with Crippen molar-refractivity contribution in [2.75, 3.05) is 13.1 Å². The SMILES string of the molecule is CC(C)N[C@@H](C)c1c[c-]ccc1.NCCN.[Cl-].[Pd+2]. The fraction of sp³-hybridized carbons (Fsp3) is 0.538. The van der Waals surface area contributed by atoms with E-state index < -0.39 is 0 Å². The topological polar surface area (TPSA) is 64.1 Å². The van der Waals surface area contributed by atoms with Crippen LogP contribution in [0.15, 0.2) is 24.3 Å². The maximum absolute atomic E-state index is 4.90. The zero-order valence-corrected chi connectivity index (χ0v) is 13.5. The molecule has 0 saturated heterocycles. The predicted octanol–water partition coefficient (Wildman–Crippen LogP) is -1.55. The van der Waals surface area contributed by atoms with Crippen LogP contribution in [-0.2, 0) is 20.4 Å². The van der Waals surface area contributed by atoms with Crippen molar-refractivity contribution in [2.24, 2.45) is 11.5 Å². The number of benzene rings is 1. The van der Waals surface area contributed by atoms with Crippen molar-refractivity contribution in [1.29, 1.82) is 0 Å². The molecule has 1 rings (SSSR count). The Hall–Kier alpha value is 0.0523. The van der Waals surface area contributed by atoms with Gasteiger partial charge in [-0.3, -0.25) is 0 Å². The van der Waals surface area contributed by atoms with Gasteiger partial charge in [0.15, 0.2) is 0 Å². The summed E-state index contributed by atoms with van der Waals surface area (Å²) in [5, 5.41) is 3.44. The van der Waals surface area contributed by atoms with Gasteiger partial charge in [0.2, 0.25) is 0 Å². The number of hydrogen-bond donors (Lipinski definition) is 3. The Morgan fingerprint density at radius 1 is 1.22 bits per heavy atom. The number of hydrogen-bond acceptors (Lipinski definition) is 3. The summed E-state index contributed by atoms with van der Waals surface area (Å²) in [5.74, 6) is 0. The average Bonchev–Trinajstić information content (AvgIpc) is 2.30. The second-order valence-electron chi connectivity index (χ2n) is 3.96. The van der Waals surface area contributed by atoms with E-state index >= 15 is 0 Å². The van der Waals surface area contributed by atoms with Gasteiger partial charge in [-0.25, -0.2) is 0 Å². The first-order valence-corrected chi connectivity index (χ1v) is 5.74. The minimum Gasteiger partial charge on any atom is -1.00 e. The van der Waals surface area contributed by atoms with E-state index in [0.717, 1.165) is 0 Å². The van der Waals surface area contributed by atoms with Crippen LogP contribution in [0.3, 0.4) is 0 Å². The molecular formula is C13H24ClN3Pd. The van der Waals surface area contributed by atoms with Crippen LogP contribution in [0.4, 0.5) is 0 Å². The fourth-order valence-corrected chi connectivity index (χ4v) is 1.27. The maximum Gasteiger partial charge on any atom is 2.00 e. The van der Waals surface area contributed by atoms with Crippen molar-refractivity contribution < 1.29 is 32.8 Å². The molecule has 0 fully saturated rings. The molecular weight excluding hydrogens is 340 g/mol. The normalized spacial score (nSPS) is 10.6. The first-order valence-electron chi connectivity index (χ1n) is 5.74. The van der Waals surface area contributed by atoms with E-state index in [1.807, 2.05) is 18.2 Å². The van der Waals surface area contributed by atoms with E-state index in [0.29, 0.717) is 25.2 Å². The molecule has 5 heteroatoms. The molecule has 0 unspecified atom stereocenters. The first kappa shape index (κ1) is 23.2. The number of nitrogens with one attached hydrogen (secondary N) is 1. The number of nitrogens with two attached hydrogens (primary N) is 2. The van der Waals surface area contributed by atoms with Gasteiger partial charge in [0.1, 0.15) is 0 Å². The molecule has 1 aromatic carbocycles. The van der Waals surface area contributed by atoms with Crippen molar-refractivity contribution in [3.63, 3.8) is 0 Å². The molecule has 108 valence electrons. The molecule has 0 aromatic heterocycles. The quantitative estimate of drug-likeness (QED) is 0.448. The Bertz CT molecular complexity index is 256. The molecule has 0 aliphatic rings. The van der Waals surface area contributed by atoms with E-state index in [-0.39, 0.29) is 32.8 Å². The predicted molar refractivity (Wildman–Crippen MR) is 70.1 cm³/mol. The van der Waals surface area contributed by atoms with Crippen LogP contribution in [0.1, 0.15) is 32.4 Å². The Morgan fingerprint density at radius 3 is 2.11 bits per heavy atom. The summed E-state index contributed by atoms with van der Waals surface area (Å²) in [4.78, 5) is 0. The van der Waals surface area contributed by atoms with Crippen molar-refractivity contribution >= 4 is 0 Å². The van der Waals surface area contributed by atoms with Gasteiger partial charge in [0, 0.05) is 19.1 Å². The molecule has 0 heterocycles. The molecule has 0 spiro atoms. The van der Waals surface area contributed by atoms with E-state index in [9.17, 15) is 0 Å². The third-order valence-corrected chi connectivity index (χ3v) is 1.98.